The predicted molar refractivity (Wildman–Crippen MR) is 52.0 cm³/mol. The normalized spacial score (nSPS) is 9.50. The third-order valence-electron chi connectivity index (χ3n) is 1.48. The average Bonchev–Trinajstić information content (AvgIpc) is 2.04. The zero-order valence-corrected chi connectivity index (χ0v) is 7.65. The van der Waals surface area contributed by atoms with Crippen molar-refractivity contribution in [2.75, 3.05) is 5.32 Å². The van der Waals surface area contributed by atoms with Crippen molar-refractivity contribution in [2.24, 2.45) is 0 Å². The standard InChI is InChI=1S/C9H10NOS/c1-7(11)10-9-5-3-2-4-8(9)6-12/h2-5H,6H2,1H3,(H,10,11). The second kappa shape index (κ2) is 4.16. The van der Waals surface area contributed by atoms with Gasteiger partial charge in [-0.15, -0.1) is 0 Å². The summed E-state index contributed by atoms with van der Waals surface area (Å²) in [7, 11) is 0. The molecule has 1 rings (SSSR count). The van der Waals surface area contributed by atoms with Crippen LogP contribution in [0.15, 0.2) is 24.3 Å². The van der Waals surface area contributed by atoms with E-state index in [0.717, 1.165) is 11.3 Å². The van der Waals surface area contributed by atoms with E-state index in [1.165, 1.54) is 6.92 Å². The number of benzene rings is 1. The number of para-hydroxylation sites is 1. The molecule has 1 aromatic carbocycles. The molecule has 0 aliphatic rings. The molecule has 2 nitrogen and oxygen atoms in total. The summed E-state index contributed by atoms with van der Waals surface area (Å²) in [5.74, 6) is 0.460. The molecule has 0 aliphatic carbocycles. The minimum absolute atomic E-state index is 0.0640. The van der Waals surface area contributed by atoms with Gasteiger partial charge in [0, 0.05) is 18.4 Å². The van der Waals surface area contributed by atoms with Gasteiger partial charge in [-0.2, -0.15) is 0 Å². The first-order chi connectivity index (χ1) is 5.74. The summed E-state index contributed by atoms with van der Waals surface area (Å²) in [5, 5.41) is 2.72. The molecule has 0 unspecified atom stereocenters. The minimum Gasteiger partial charge on any atom is -0.326 e. The summed E-state index contributed by atoms with van der Waals surface area (Å²) >= 11 is 4.91. The SMILES string of the molecule is CC(=O)Nc1ccccc1C[S]. The number of anilines is 1. The molecule has 0 spiro atoms. The number of hydrogen-bond acceptors (Lipinski definition) is 1. The van der Waals surface area contributed by atoms with E-state index in [0.29, 0.717) is 5.75 Å². The van der Waals surface area contributed by atoms with Crippen molar-refractivity contribution in [2.45, 2.75) is 12.7 Å². The van der Waals surface area contributed by atoms with Crippen molar-refractivity contribution in [3.05, 3.63) is 29.8 Å². The van der Waals surface area contributed by atoms with Crippen LogP contribution in [0.4, 0.5) is 5.69 Å². The van der Waals surface area contributed by atoms with Gasteiger partial charge in [-0.25, -0.2) is 0 Å². The Morgan fingerprint density at radius 3 is 2.75 bits per heavy atom. The van der Waals surface area contributed by atoms with Crippen LogP contribution in [0.25, 0.3) is 0 Å². The molecule has 63 valence electrons. The fraction of sp³-hybridized carbons (Fsp3) is 0.222. The van der Waals surface area contributed by atoms with Crippen molar-refractivity contribution in [3.8, 4) is 0 Å². The van der Waals surface area contributed by atoms with E-state index in [1.807, 2.05) is 24.3 Å². The smallest absolute Gasteiger partial charge is 0.221 e. The molecule has 1 aromatic rings. The highest BCUT2D eigenvalue weighted by atomic mass is 32.1. The van der Waals surface area contributed by atoms with Gasteiger partial charge in [0.15, 0.2) is 0 Å². The van der Waals surface area contributed by atoms with E-state index in [1.54, 1.807) is 0 Å². The maximum Gasteiger partial charge on any atom is 0.221 e. The van der Waals surface area contributed by atoms with Crippen molar-refractivity contribution in [1.29, 1.82) is 0 Å². The quantitative estimate of drug-likeness (QED) is 0.743. The van der Waals surface area contributed by atoms with Gasteiger partial charge in [-0.3, -0.25) is 4.79 Å². The van der Waals surface area contributed by atoms with Gasteiger partial charge < -0.3 is 5.32 Å². The summed E-state index contributed by atoms with van der Waals surface area (Å²) < 4.78 is 0. The highest BCUT2D eigenvalue weighted by Gasteiger charge is 2.00. The van der Waals surface area contributed by atoms with Crippen LogP contribution in [0.2, 0.25) is 0 Å². The van der Waals surface area contributed by atoms with E-state index in [2.05, 4.69) is 5.32 Å². The lowest BCUT2D eigenvalue weighted by atomic mass is 10.2. The second-order valence-corrected chi connectivity index (χ2v) is 2.77. The van der Waals surface area contributed by atoms with E-state index in [4.69, 9.17) is 12.6 Å². The van der Waals surface area contributed by atoms with E-state index in [-0.39, 0.29) is 5.91 Å². The van der Waals surface area contributed by atoms with E-state index in [9.17, 15) is 4.79 Å². The maximum absolute atomic E-state index is 10.7. The summed E-state index contributed by atoms with van der Waals surface area (Å²) in [5.41, 5.74) is 1.81. The molecule has 0 fully saturated rings. The number of carbonyl (C=O) groups excluding carboxylic acids is 1. The van der Waals surface area contributed by atoms with Crippen molar-refractivity contribution >= 4 is 24.2 Å². The molecule has 1 amide bonds. The Bertz CT molecular complexity index is 286. The van der Waals surface area contributed by atoms with Crippen molar-refractivity contribution in [1.82, 2.24) is 0 Å². The predicted octanol–water partition coefficient (Wildman–Crippen LogP) is 2.34. The molecule has 0 atom stereocenters. The minimum atomic E-state index is -0.0640. The Hall–Kier alpha value is -0.960. The molecular formula is C9H10NOS. The second-order valence-electron chi connectivity index (χ2n) is 2.48. The van der Waals surface area contributed by atoms with Gasteiger partial charge in [0.05, 0.1) is 0 Å². The molecule has 0 aliphatic heterocycles. The third kappa shape index (κ3) is 2.27. The van der Waals surface area contributed by atoms with Crippen LogP contribution in [0, 0.1) is 0 Å². The lowest BCUT2D eigenvalue weighted by molar-refractivity contribution is -0.114. The lowest BCUT2D eigenvalue weighted by Crippen LogP contribution is -2.07. The van der Waals surface area contributed by atoms with Crippen molar-refractivity contribution in [3.63, 3.8) is 0 Å². The molecular weight excluding hydrogens is 170 g/mol. The van der Waals surface area contributed by atoms with E-state index >= 15 is 0 Å². The first-order valence-electron chi connectivity index (χ1n) is 3.67. The average molecular weight is 180 g/mol. The van der Waals surface area contributed by atoms with Crippen molar-refractivity contribution < 1.29 is 4.79 Å². The first kappa shape index (κ1) is 9.13. The molecule has 0 bridgehead atoms. The lowest BCUT2D eigenvalue weighted by Gasteiger charge is -2.05. The first-order valence-corrected chi connectivity index (χ1v) is 4.25. The van der Waals surface area contributed by atoms with Crippen LogP contribution in [0.5, 0.6) is 0 Å². The van der Waals surface area contributed by atoms with Crippen LogP contribution < -0.4 is 5.32 Å². The zero-order chi connectivity index (χ0) is 8.97. The molecule has 0 heterocycles. The summed E-state index contributed by atoms with van der Waals surface area (Å²) in [6.45, 7) is 1.49. The highest BCUT2D eigenvalue weighted by Crippen LogP contribution is 2.16. The molecule has 1 radical (unpaired) electrons. The molecule has 0 aromatic heterocycles. The molecule has 3 heteroatoms. The fourth-order valence-electron chi connectivity index (χ4n) is 0.958. The number of amides is 1. The van der Waals surface area contributed by atoms with Crippen LogP contribution in [-0.4, -0.2) is 5.91 Å². The van der Waals surface area contributed by atoms with Gasteiger partial charge in [0.2, 0.25) is 5.91 Å². The van der Waals surface area contributed by atoms with Gasteiger partial charge in [-0.05, 0) is 11.6 Å². The van der Waals surface area contributed by atoms with Crippen LogP contribution in [0.3, 0.4) is 0 Å². The third-order valence-corrected chi connectivity index (χ3v) is 1.79. The van der Waals surface area contributed by atoms with E-state index < -0.39 is 0 Å². The fourth-order valence-corrected chi connectivity index (χ4v) is 1.21. The van der Waals surface area contributed by atoms with Gasteiger partial charge in [0.25, 0.3) is 0 Å². The van der Waals surface area contributed by atoms with Gasteiger partial charge in [-0.1, -0.05) is 30.8 Å². The number of carbonyl (C=O) groups is 1. The Morgan fingerprint density at radius 1 is 1.50 bits per heavy atom. The molecule has 0 saturated heterocycles. The number of rotatable bonds is 2. The summed E-state index contributed by atoms with van der Waals surface area (Å²) in [4.78, 5) is 10.7. The number of hydrogen-bond donors (Lipinski definition) is 1. The van der Waals surface area contributed by atoms with Crippen LogP contribution in [-0.2, 0) is 10.5 Å². The van der Waals surface area contributed by atoms with Gasteiger partial charge in [0.1, 0.15) is 0 Å². The Morgan fingerprint density at radius 2 is 2.17 bits per heavy atom. The Balaban J connectivity index is 2.89. The monoisotopic (exact) mass is 180 g/mol. The molecule has 1 N–H and O–H groups in total. The number of nitrogens with one attached hydrogen (secondary N) is 1. The van der Waals surface area contributed by atoms with Crippen LogP contribution >= 0.6 is 12.6 Å². The topological polar surface area (TPSA) is 29.1 Å². The molecule has 0 saturated carbocycles. The Kier molecular flexibility index (Phi) is 3.17. The molecule has 12 heavy (non-hydrogen) atoms. The zero-order valence-electron chi connectivity index (χ0n) is 6.83. The van der Waals surface area contributed by atoms with Gasteiger partial charge >= 0.3 is 0 Å². The summed E-state index contributed by atoms with van der Waals surface area (Å²) in [6, 6.07) is 7.55. The highest BCUT2D eigenvalue weighted by molar-refractivity contribution is 7.79. The van der Waals surface area contributed by atoms with Crippen LogP contribution in [0.1, 0.15) is 12.5 Å². The summed E-state index contributed by atoms with van der Waals surface area (Å²) in [6.07, 6.45) is 0. The maximum atomic E-state index is 10.7. The Labute approximate surface area is 77.4 Å². The largest absolute Gasteiger partial charge is 0.326 e.